The number of hydrogen-bond donors (Lipinski definition) is 2. The van der Waals surface area contributed by atoms with Gasteiger partial charge in [0.05, 0.1) is 13.2 Å². The van der Waals surface area contributed by atoms with Gasteiger partial charge in [-0.1, -0.05) is 213 Å². The van der Waals surface area contributed by atoms with E-state index in [1.807, 2.05) is 48.5 Å². The summed E-state index contributed by atoms with van der Waals surface area (Å²) in [5.41, 5.74) is 4.47. The first-order valence-electron chi connectivity index (χ1n) is 28.7. The summed E-state index contributed by atoms with van der Waals surface area (Å²) in [6.45, 7) is 28.0. The molecule has 3 N–H and O–H groups in total. The van der Waals surface area contributed by atoms with E-state index in [1.165, 1.54) is 116 Å². The molecule has 0 heterocycles. The van der Waals surface area contributed by atoms with Crippen molar-refractivity contribution in [1.82, 2.24) is 10.2 Å². The Kier molecular flexibility index (Phi) is 63.5. The lowest BCUT2D eigenvalue weighted by atomic mass is 9.91. The fourth-order valence-electron chi connectivity index (χ4n) is 8.09. The van der Waals surface area contributed by atoms with E-state index < -0.39 is 5.60 Å². The molecule has 0 rings (SSSR count). The van der Waals surface area contributed by atoms with Crippen molar-refractivity contribution in [1.29, 1.82) is 0 Å². The molecule has 9 nitrogen and oxygen atoms in total. The fourth-order valence-corrected chi connectivity index (χ4v) is 8.09. The fraction of sp³-hybridized carbons (Fsp3) is 0.947. The summed E-state index contributed by atoms with van der Waals surface area (Å²) in [5.74, 6) is 1.50. The highest BCUT2D eigenvalue weighted by Crippen LogP contribution is 2.24. The Morgan fingerprint density at radius 2 is 0.836 bits per heavy atom. The van der Waals surface area contributed by atoms with Crippen molar-refractivity contribution in [3.05, 3.63) is 0 Å². The van der Waals surface area contributed by atoms with Gasteiger partial charge >= 0.3 is 18.0 Å². The van der Waals surface area contributed by atoms with Gasteiger partial charge in [0, 0.05) is 37.8 Å². The maximum Gasteiger partial charge on any atom is 0.407 e. The largest absolute Gasteiger partial charge is 0.466 e. The lowest BCUT2D eigenvalue weighted by Crippen LogP contribution is -2.38. The molecule has 0 bridgehead atoms. The predicted molar refractivity (Wildman–Crippen MR) is 296 cm³/mol. The number of alkyl carbamates (subject to hydrolysis) is 1. The number of nitrogens with two attached hydrogens (primary N) is 1. The summed E-state index contributed by atoms with van der Waals surface area (Å²) < 4.78 is 16.6. The number of nitrogens with zero attached hydrogens (tertiary/aromatic N) is 1. The molecule has 0 fully saturated rings. The number of amides is 1. The first-order valence-corrected chi connectivity index (χ1v) is 29.8. The van der Waals surface area contributed by atoms with Crippen molar-refractivity contribution in [2.45, 2.75) is 287 Å². The van der Waals surface area contributed by atoms with Crippen molar-refractivity contribution >= 4 is 34.0 Å². The van der Waals surface area contributed by atoms with E-state index in [1.54, 1.807) is 0 Å². The number of unbranched alkanes of at least 4 members (excludes halogenated alkanes) is 16. The molecule has 0 radical (unpaired) electrons. The van der Waals surface area contributed by atoms with Gasteiger partial charge in [-0.05, 0) is 97.1 Å². The average molecular weight is 1020 g/mol. The van der Waals surface area contributed by atoms with E-state index >= 15 is 0 Å². The molecule has 0 atom stereocenters. The number of carbonyl (C=O) groups excluding carboxylic acids is 3. The van der Waals surface area contributed by atoms with Gasteiger partial charge in [-0.15, -0.1) is 0 Å². The second-order valence-electron chi connectivity index (χ2n) is 19.2. The predicted octanol–water partition coefficient (Wildman–Crippen LogP) is 17.1. The van der Waals surface area contributed by atoms with Gasteiger partial charge in [-0.3, -0.25) is 9.59 Å². The Labute approximate surface area is 427 Å². The van der Waals surface area contributed by atoms with Gasteiger partial charge < -0.3 is 30.2 Å². The Bertz CT molecular complexity index is 917. The molecule has 1 amide bonds. The zero-order valence-electron chi connectivity index (χ0n) is 46.8. The maximum absolute atomic E-state index is 12.4. The molecule has 0 aromatic carbocycles. The van der Waals surface area contributed by atoms with E-state index in [4.69, 9.17) is 19.9 Å². The van der Waals surface area contributed by atoms with Gasteiger partial charge in [0.25, 0.3) is 0 Å². The second kappa shape index (κ2) is 58.9. The van der Waals surface area contributed by atoms with Gasteiger partial charge in [0.1, 0.15) is 5.60 Å². The molecule has 0 aliphatic carbocycles. The van der Waals surface area contributed by atoms with E-state index in [9.17, 15) is 14.4 Å². The highest BCUT2D eigenvalue weighted by atomic mass is 79.9. The van der Waals surface area contributed by atoms with Crippen LogP contribution in [0.2, 0.25) is 0 Å². The number of carbonyl (C=O) groups is 3. The van der Waals surface area contributed by atoms with Crippen molar-refractivity contribution in [3.8, 4) is 0 Å². The summed E-state index contributed by atoms with van der Waals surface area (Å²) in [4.78, 5) is 39.4. The zero-order valence-corrected chi connectivity index (χ0v) is 48.4. The van der Waals surface area contributed by atoms with Crippen LogP contribution in [0.3, 0.4) is 0 Å². The van der Waals surface area contributed by atoms with Crippen molar-refractivity contribution in [3.63, 3.8) is 0 Å². The second-order valence-corrected chi connectivity index (χ2v) is 20.0. The third-order valence-corrected chi connectivity index (χ3v) is 12.3. The zero-order chi connectivity index (χ0) is 51.1. The normalized spacial score (nSPS) is 11.0. The molecular weight excluding hydrogens is 903 g/mol. The lowest BCUT2D eigenvalue weighted by Gasteiger charge is -2.24. The molecule has 0 spiro atoms. The summed E-state index contributed by atoms with van der Waals surface area (Å²) in [5, 5.41) is 3.83. The SMILES string of the molecule is CC.CC.CCCCCC(CCCCC)CCCOC(=O)CCCCCCCN(CCCCCCCC(=O)OCCCC(CCCCC)CCCCC)CCNC(=O)OC(C)(C)C.NCCBr. The van der Waals surface area contributed by atoms with E-state index in [0.717, 1.165) is 120 Å². The topological polar surface area (TPSA) is 120 Å². The molecule has 0 saturated carbocycles. The van der Waals surface area contributed by atoms with Gasteiger partial charge in [-0.2, -0.15) is 0 Å². The standard InChI is InChI=1S/C51H100N2O6.C2H6BrN.2C2H6/c1-8-12-22-32-46(33-23-13-9-2)36-30-44-57-48(54)38-26-18-16-20-28-41-53(43-40-52-50(56)59-51(5,6)7)42-29-21-17-19-27-39-49(55)58-45-31-37-47(34-24-14-10-3)35-25-15-11-4;3-1-2-4;2*1-2/h46-47H,8-45H2,1-7H3,(H,52,56);1-2,4H2;2*1-2H3. The number of nitrogens with one attached hydrogen (secondary N) is 1. The monoisotopic (exact) mass is 1020 g/mol. The number of esters is 2. The molecule has 67 heavy (non-hydrogen) atoms. The summed E-state index contributed by atoms with van der Waals surface area (Å²) in [6.07, 6.45) is 36.7. The van der Waals surface area contributed by atoms with Gasteiger partial charge in [-0.25, -0.2) is 4.79 Å². The van der Waals surface area contributed by atoms with Gasteiger partial charge in [0.2, 0.25) is 0 Å². The third kappa shape index (κ3) is 60.7. The molecule has 0 aromatic heterocycles. The minimum Gasteiger partial charge on any atom is -0.466 e. The number of halogens is 1. The first kappa shape index (κ1) is 72.2. The van der Waals surface area contributed by atoms with E-state index in [-0.39, 0.29) is 18.0 Å². The smallest absolute Gasteiger partial charge is 0.407 e. The highest BCUT2D eigenvalue weighted by molar-refractivity contribution is 9.09. The van der Waals surface area contributed by atoms with Crippen molar-refractivity contribution in [2.75, 3.05) is 51.3 Å². The average Bonchev–Trinajstić information content (AvgIpc) is 3.31. The number of alkyl halides is 1. The summed E-state index contributed by atoms with van der Waals surface area (Å²) >= 11 is 3.12. The van der Waals surface area contributed by atoms with Crippen LogP contribution in [0.4, 0.5) is 4.79 Å². The molecule has 404 valence electrons. The van der Waals surface area contributed by atoms with E-state index in [0.29, 0.717) is 32.6 Å². The Morgan fingerprint density at radius 1 is 0.507 bits per heavy atom. The quantitative estimate of drug-likeness (QED) is 0.0268. The molecule has 0 aliphatic rings. The van der Waals surface area contributed by atoms with Gasteiger partial charge in [0.15, 0.2) is 0 Å². The molecule has 0 saturated heterocycles. The van der Waals surface area contributed by atoms with E-state index in [2.05, 4.69) is 53.8 Å². The minimum atomic E-state index is -0.507. The van der Waals surface area contributed by atoms with Crippen molar-refractivity contribution < 1.29 is 28.6 Å². The van der Waals surface area contributed by atoms with Crippen LogP contribution in [-0.2, 0) is 23.8 Å². The number of rotatable bonds is 44. The Balaban J connectivity index is -0.00000231. The first-order chi connectivity index (χ1) is 32.5. The van der Waals surface area contributed by atoms with Crippen LogP contribution < -0.4 is 11.1 Å². The van der Waals surface area contributed by atoms with Crippen LogP contribution in [0.1, 0.15) is 282 Å². The summed E-state index contributed by atoms with van der Waals surface area (Å²) in [7, 11) is 0. The van der Waals surface area contributed by atoms with Crippen LogP contribution in [-0.4, -0.2) is 79.8 Å². The molecule has 10 heteroatoms. The van der Waals surface area contributed by atoms with Crippen LogP contribution in [0.15, 0.2) is 0 Å². The number of ether oxygens (including phenoxy) is 3. The molecule has 0 unspecified atom stereocenters. The lowest BCUT2D eigenvalue weighted by molar-refractivity contribution is -0.144. The molecule has 0 aliphatic heterocycles. The Hall–Kier alpha value is -1.39. The maximum atomic E-state index is 12.4. The van der Waals surface area contributed by atoms with Crippen LogP contribution in [0.5, 0.6) is 0 Å². The van der Waals surface area contributed by atoms with Crippen molar-refractivity contribution in [2.24, 2.45) is 17.6 Å². The molecular formula is C57H118BrN3O6. The van der Waals surface area contributed by atoms with Crippen LogP contribution in [0, 0.1) is 11.8 Å². The summed E-state index contributed by atoms with van der Waals surface area (Å²) in [6, 6.07) is 0. The van der Waals surface area contributed by atoms with Crippen LogP contribution >= 0.6 is 15.9 Å². The highest BCUT2D eigenvalue weighted by Gasteiger charge is 2.16. The molecule has 0 aromatic rings. The van der Waals surface area contributed by atoms with Crippen LogP contribution in [0.25, 0.3) is 0 Å². The third-order valence-electron chi connectivity index (χ3n) is 11.8. The Morgan fingerprint density at radius 3 is 1.16 bits per heavy atom. The minimum absolute atomic E-state index is 0.0352. The number of hydrogen-bond acceptors (Lipinski definition) is 8.